The van der Waals surface area contributed by atoms with Gasteiger partial charge in [0.1, 0.15) is 4.21 Å². The van der Waals surface area contributed by atoms with Gasteiger partial charge in [-0.3, -0.25) is 0 Å². The monoisotopic (exact) mass is 533 g/mol. The highest BCUT2D eigenvalue weighted by atomic mass is 32.2. The Morgan fingerprint density at radius 2 is 1.89 bits per heavy atom. The fourth-order valence-corrected chi connectivity index (χ4v) is 7.09. The second-order valence-corrected chi connectivity index (χ2v) is 12.4. The number of halogens is 3. The van der Waals surface area contributed by atoms with Crippen LogP contribution in [0.1, 0.15) is 25.8 Å². The summed E-state index contributed by atoms with van der Waals surface area (Å²) in [5.41, 5.74) is -2.52. The van der Waals surface area contributed by atoms with Crippen LogP contribution in [-0.2, 0) is 20.4 Å². The predicted octanol–water partition coefficient (Wildman–Crippen LogP) is 3.16. The van der Waals surface area contributed by atoms with E-state index >= 15 is 0 Å². The highest BCUT2D eigenvalue weighted by molar-refractivity contribution is 7.91. The molecule has 2 aliphatic rings. The van der Waals surface area contributed by atoms with Gasteiger partial charge in [0.05, 0.1) is 19.3 Å². The fourth-order valence-electron chi connectivity index (χ4n) is 4.48. The Balaban J connectivity index is 1.56. The van der Waals surface area contributed by atoms with Crippen molar-refractivity contribution in [3.8, 4) is 0 Å². The molecular weight excluding hydrogens is 503 g/mol. The Morgan fingerprint density at radius 1 is 1.20 bits per heavy atom. The first-order chi connectivity index (χ1) is 16.4. The van der Waals surface area contributed by atoms with E-state index in [4.69, 9.17) is 4.74 Å². The predicted molar refractivity (Wildman–Crippen MR) is 128 cm³/mol. The van der Waals surface area contributed by atoms with Crippen molar-refractivity contribution >= 4 is 27.0 Å². The third kappa shape index (κ3) is 5.52. The highest BCUT2D eigenvalue weighted by Crippen LogP contribution is 2.39. The molecule has 35 heavy (non-hydrogen) atoms. The molecule has 2 saturated heterocycles. The van der Waals surface area contributed by atoms with Crippen molar-refractivity contribution in [1.82, 2.24) is 9.62 Å². The molecule has 0 spiro atoms. The Kier molecular flexibility index (Phi) is 7.52. The molecule has 2 N–H and O–H groups in total. The van der Waals surface area contributed by atoms with Gasteiger partial charge in [0.15, 0.2) is 5.60 Å². The molecule has 0 radical (unpaired) electrons. The number of aliphatic hydroxyl groups is 1. The first-order valence-electron chi connectivity index (χ1n) is 11.4. The van der Waals surface area contributed by atoms with Crippen LogP contribution in [0.15, 0.2) is 46.0 Å². The van der Waals surface area contributed by atoms with Gasteiger partial charge in [-0.05, 0) is 49.4 Å². The number of hydrogen-bond acceptors (Lipinski definition) is 7. The summed E-state index contributed by atoms with van der Waals surface area (Å²) in [6.45, 7) is 4.95. The van der Waals surface area contributed by atoms with E-state index in [1.165, 1.54) is 27.8 Å². The number of benzene rings is 1. The standard InChI is InChI=1S/C23H30F3N3O4S2/c1-16(27-18-14-33-15-18)12-20-13-28(35(31,32)21-4-3-11-34-21)9-10-29(20)19-7-5-17(6-8-19)22(2,30)23(24,25)26/h3-8,11,16,18,20,27,30H,9-10,12-15H2,1-2H3/t16-,20-,22?/m0/s1. The maximum atomic E-state index is 13.3. The summed E-state index contributed by atoms with van der Waals surface area (Å²) in [6, 6.07) is 9.11. The number of anilines is 1. The van der Waals surface area contributed by atoms with E-state index in [1.807, 2.05) is 11.8 Å². The van der Waals surface area contributed by atoms with Crippen LogP contribution < -0.4 is 10.2 Å². The Morgan fingerprint density at radius 3 is 2.43 bits per heavy atom. The summed E-state index contributed by atoms with van der Waals surface area (Å²) in [7, 11) is -3.63. The van der Waals surface area contributed by atoms with Gasteiger partial charge in [-0.2, -0.15) is 17.5 Å². The number of rotatable bonds is 8. The van der Waals surface area contributed by atoms with Crippen LogP contribution in [0.5, 0.6) is 0 Å². The molecule has 0 saturated carbocycles. The summed E-state index contributed by atoms with van der Waals surface area (Å²) in [5.74, 6) is 0. The summed E-state index contributed by atoms with van der Waals surface area (Å²) < 4.78 is 73.1. The van der Waals surface area contributed by atoms with E-state index in [0.29, 0.717) is 36.1 Å². The van der Waals surface area contributed by atoms with Gasteiger partial charge >= 0.3 is 6.18 Å². The summed E-state index contributed by atoms with van der Waals surface area (Å²) in [4.78, 5) is 2.04. The van der Waals surface area contributed by atoms with Crippen molar-refractivity contribution in [1.29, 1.82) is 0 Å². The largest absolute Gasteiger partial charge is 0.421 e. The third-order valence-corrected chi connectivity index (χ3v) is 9.87. The lowest BCUT2D eigenvalue weighted by Gasteiger charge is -2.43. The van der Waals surface area contributed by atoms with Gasteiger partial charge in [0.2, 0.25) is 0 Å². The fraction of sp³-hybridized carbons (Fsp3) is 0.565. The molecule has 0 aliphatic carbocycles. The highest BCUT2D eigenvalue weighted by Gasteiger charge is 2.51. The number of ether oxygens (including phenoxy) is 1. The van der Waals surface area contributed by atoms with Gasteiger partial charge in [0.25, 0.3) is 10.0 Å². The first kappa shape index (κ1) is 26.4. The average molecular weight is 534 g/mol. The minimum Gasteiger partial charge on any atom is -0.378 e. The van der Waals surface area contributed by atoms with Gasteiger partial charge in [-0.25, -0.2) is 8.42 Å². The SMILES string of the molecule is C[C@@H](C[C@H]1CN(S(=O)(=O)c2cccs2)CCN1c1ccc(C(C)(O)C(F)(F)F)cc1)NC1COC1. The van der Waals surface area contributed by atoms with E-state index in [2.05, 4.69) is 5.32 Å². The van der Waals surface area contributed by atoms with Crippen LogP contribution in [0.2, 0.25) is 0 Å². The van der Waals surface area contributed by atoms with Gasteiger partial charge in [-0.15, -0.1) is 11.3 Å². The molecule has 0 bridgehead atoms. The van der Waals surface area contributed by atoms with E-state index < -0.39 is 21.8 Å². The lowest BCUT2D eigenvalue weighted by Crippen LogP contribution is -2.57. The lowest BCUT2D eigenvalue weighted by atomic mass is 9.94. The molecule has 2 aromatic rings. The van der Waals surface area contributed by atoms with Crippen LogP contribution in [0, 0.1) is 0 Å². The lowest BCUT2D eigenvalue weighted by molar-refractivity contribution is -0.258. The maximum absolute atomic E-state index is 13.3. The van der Waals surface area contributed by atoms with E-state index in [1.54, 1.807) is 29.6 Å². The number of piperazine rings is 1. The zero-order chi connectivity index (χ0) is 25.4. The molecule has 1 unspecified atom stereocenters. The average Bonchev–Trinajstić information content (AvgIpc) is 3.31. The number of alkyl halides is 3. The molecule has 2 aliphatic heterocycles. The molecule has 1 aromatic carbocycles. The van der Waals surface area contributed by atoms with E-state index in [9.17, 15) is 26.7 Å². The molecule has 12 heteroatoms. The third-order valence-electron chi connectivity index (χ3n) is 6.63. The molecule has 7 nitrogen and oxygen atoms in total. The summed E-state index contributed by atoms with van der Waals surface area (Å²) in [5, 5.41) is 15.2. The van der Waals surface area contributed by atoms with Gasteiger partial charge in [0, 0.05) is 37.4 Å². The van der Waals surface area contributed by atoms with Crippen molar-refractivity contribution in [2.24, 2.45) is 0 Å². The summed E-state index contributed by atoms with van der Waals surface area (Å²) >= 11 is 1.18. The molecule has 0 amide bonds. The first-order valence-corrected chi connectivity index (χ1v) is 13.8. The Bertz CT molecular complexity index is 1090. The van der Waals surface area contributed by atoms with Crippen molar-refractivity contribution in [3.63, 3.8) is 0 Å². The molecule has 194 valence electrons. The Labute approximate surface area is 207 Å². The smallest absolute Gasteiger partial charge is 0.378 e. The number of hydrogen-bond donors (Lipinski definition) is 2. The van der Waals surface area contributed by atoms with Crippen LogP contribution >= 0.6 is 11.3 Å². The maximum Gasteiger partial charge on any atom is 0.421 e. The second kappa shape index (κ2) is 9.98. The van der Waals surface area contributed by atoms with Crippen LogP contribution in [-0.4, -0.2) is 75.0 Å². The van der Waals surface area contributed by atoms with Crippen molar-refractivity contribution in [3.05, 3.63) is 47.3 Å². The van der Waals surface area contributed by atoms with E-state index in [-0.39, 0.29) is 36.8 Å². The number of sulfonamides is 1. The minimum absolute atomic E-state index is 0.0750. The van der Waals surface area contributed by atoms with Crippen molar-refractivity contribution < 1.29 is 31.4 Å². The van der Waals surface area contributed by atoms with Crippen LogP contribution in [0.25, 0.3) is 0 Å². The quantitative estimate of drug-likeness (QED) is 0.543. The second-order valence-electron chi connectivity index (χ2n) is 9.30. The van der Waals surface area contributed by atoms with Crippen molar-refractivity contribution in [2.75, 3.05) is 37.7 Å². The topological polar surface area (TPSA) is 82.1 Å². The zero-order valence-electron chi connectivity index (χ0n) is 19.5. The van der Waals surface area contributed by atoms with Gasteiger partial charge in [-0.1, -0.05) is 18.2 Å². The number of nitrogens with one attached hydrogen (secondary N) is 1. The number of thiophene rings is 1. The molecule has 2 fully saturated rings. The van der Waals surface area contributed by atoms with Crippen LogP contribution in [0.4, 0.5) is 18.9 Å². The zero-order valence-corrected chi connectivity index (χ0v) is 21.2. The van der Waals surface area contributed by atoms with Gasteiger partial charge < -0.3 is 20.1 Å². The molecular formula is C23H30F3N3O4S2. The number of nitrogens with zero attached hydrogens (tertiary/aromatic N) is 2. The molecule has 4 rings (SSSR count). The Hall–Kier alpha value is -1.70. The van der Waals surface area contributed by atoms with Crippen molar-refractivity contribution in [2.45, 2.75) is 54.4 Å². The summed E-state index contributed by atoms with van der Waals surface area (Å²) in [6.07, 6.45) is -4.17. The van der Waals surface area contributed by atoms with Crippen LogP contribution in [0.3, 0.4) is 0 Å². The normalized spacial score (nSPS) is 23.0. The minimum atomic E-state index is -4.80. The molecule has 3 heterocycles. The molecule has 3 atom stereocenters. The van der Waals surface area contributed by atoms with E-state index in [0.717, 1.165) is 6.92 Å². The molecule has 1 aromatic heterocycles.